The molecule has 0 saturated carbocycles. The number of rotatable bonds is 2. The smallest absolute Gasteiger partial charge is 0.0134 e. The van der Waals surface area contributed by atoms with Gasteiger partial charge in [0.25, 0.3) is 0 Å². The van der Waals surface area contributed by atoms with Gasteiger partial charge in [-0.15, -0.1) is 0 Å². The van der Waals surface area contributed by atoms with Crippen LogP contribution < -0.4 is 5.73 Å². The fraction of sp³-hybridized carbons (Fsp3) is 0.714. The molecule has 0 aromatic heterocycles. The summed E-state index contributed by atoms with van der Waals surface area (Å²) >= 11 is 0. The van der Waals surface area contributed by atoms with E-state index in [0.29, 0.717) is 0 Å². The highest BCUT2D eigenvalue weighted by Crippen LogP contribution is 2.08. The molecule has 0 aliphatic carbocycles. The van der Waals surface area contributed by atoms with Gasteiger partial charge in [-0.3, -0.25) is 0 Å². The minimum absolute atomic E-state index is 0.140. The SMILES string of the molecule is [CH]=C(C)CC(C)(C)N. The number of hydrogen-bond donors (Lipinski definition) is 1. The Morgan fingerprint density at radius 2 is 2.00 bits per heavy atom. The highest BCUT2D eigenvalue weighted by Gasteiger charge is 2.08. The first-order chi connectivity index (χ1) is 3.42. The number of nitrogens with two attached hydrogens (primary N) is 1. The van der Waals surface area contributed by atoms with E-state index in [9.17, 15) is 0 Å². The Hall–Kier alpha value is -0.300. The van der Waals surface area contributed by atoms with E-state index in [-0.39, 0.29) is 5.54 Å². The minimum Gasteiger partial charge on any atom is -0.325 e. The van der Waals surface area contributed by atoms with Crippen LogP contribution in [0.15, 0.2) is 5.57 Å². The van der Waals surface area contributed by atoms with E-state index in [1.54, 1.807) is 0 Å². The lowest BCUT2D eigenvalue weighted by molar-refractivity contribution is 0.514. The standard InChI is InChI=1S/C7H14N/c1-6(2)5-7(3,4)8/h1H,5,8H2,2-4H3. The van der Waals surface area contributed by atoms with E-state index >= 15 is 0 Å². The van der Waals surface area contributed by atoms with Crippen LogP contribution in [-0.2, 0) is 0 Å². The molecule has 0 heterocycles. The molecule has 1 radical (unpaired) electrons. The molecule has 0 saturated heterocycles. The maximum absolute atomic E-state index is 5.64. The molecule has 1 nitrogen and oxygen atoms in total. The van der Waals surface area contributed by atoms with Crippen molar-refractivity contribution in [1.29, 1.82) is 0 Å². The normalized spacial score (nSPS) is 11.5. The topological polar surface area (TPSA) is 26.0 Å². The van der Waals surface area contributed by atoms with Gasteiger partial charge in [0.15, 0.2) is 0 Å². The molecule has 0 rings (SSSR count). The Morgan fingerprint density at radius 1 is 1.62 bits per heavy atom. The molecule has 0 aliphatic rings. The molecule has 1 heteroatoms. The Bertz CT molecular complexity index is 87.1. The van der Waals surface area contributed by atoms with Gasteiger partial charge < -0.3 is 5.73 Å². The number of hydrogen-bond acceptors (Lipinski definition) is 1. The summed E-state index contributed by atoms with van der Waals surface area (Å²) in [6.07, 6.45) is 0.799. The van der Waals surface area contributed by atoms with E-state index in [0.717, 1.165) is 12.0 Å². The molecule has 0 aromatic rings. The van der Waals surface area contributed by atoms with Crippen molar-refractivity contribution in [1.82, 2.24) is 0 Å². The van der Waals surface area contributed by atoms with E-state index in [1.807, 2.05) is 20.8 Å². The summed E-state index contributed by atoms with van der Waals surface area (Å²) in [7, 11) is 0. The van der Waals surface area contributed by atoms with Gasteiger partial charge in [-0.05, 0) is 27.2 Å². The average Bonchev–Trinajstić information content (AvgIpc) is 1.21. The third kappa shape index (κ3) is 5.70. The molecule has 47 valence electrons. The summed E-state index contributed by atoms with van der Waals surface area (Å²) in [5, 5.41) is 0. The lowest BCUT2D eigenvalue weighted by Gasteiger charge is -2.17. The van der Waals surface area contributed by atoms with Crippen LogP contribution in [0.4, 0.5) is 0 Å². The lowest BCUT2D eigenvalue weighted by Crippen LogP contribution is -2.31. The average molecular weight is 112 g/mol. The van der Waals surface area contributed by atoms with Crippen LogP contribution in [0.2, 0.25) is 0 Å². The van der Waals surface area contributed by atoms with E-state index in [4.69, 9.17) is 12.3 Å². The van der Waals surface area contributed by atoms with E-state index in [2.05, 4.69) is 0 Å². The van der Waals surface area contributed by atoms with Crippen LogP contribution in [0.5, 0.6) is 0 Å². The van der Waals surface area contributed by atoms with Crippen molar-refractivity contribution < 1.29 is 0 Å². The highest BCUT2D eigenvalue weighted by molar-refractivity contribution is 4.93. The van der Waals surface area contributed by atoms with Crippen molar-refractivity contribution >= 4 is 0 Å². The van der Waals surface area contributed by atoms with Crippen molar-refractivity contribution in [2.75, 3.05) is 0 Å². The van der Waals surface area contributed by atoms with Gasteiger partial charge in [0, 0.05) is 5.54 Å². The van der Waals surface area contributed by atoms with Crippen LogP contribution in [0.3, 0.4) is 0 Å². The second-order valence-electron chi connectivity index (χ2n) is 3.01. The third-order valence-electron chi connectivity index (χ3n) is 0.734. The molecule has 0 atom stereocenters. The largest absolute Gasteiger partial charge is 0.325 e. The van der Waals surface area contributed by atoms with Gasteiger partial charge in [0.2, 0.25) is 0 Å². The van der Waals surface area contributed by atoms with Crippen LogP contribution in [0.1, 0.15) is 27.2 Å². The zero-order valence-corrected chi connectivity index (χ0v) is 5.86. The highest BCUT2D eigenvalue weighted by atomic mass is 14.7. The van der Waals surface area contributed by atoms with Crippen molar-refractivity contribution in [3.05, 3.63) is 12.2 Å². The Morgan fingerprint density at radius 3 is 2.00 bits per heavy atom. The maximum atomic E-state index is 5.64. The molecule has 2 N–H and O–H groups in total. The lowest BCUT2D eigenvalue weighted by atomic mass is 9.98. The zero-order valence-electron chi connectivity index (χ0n) is 5.86. The third-order valence-corrected chi connectivity index (χ3v) is 0.734. The Balaban J connectivity index is 3.55. The molecular formula is C7H14N. The van der Waals surface area contributed by atoms with Crippen LogP contribution in [-0.4, -0.2) is 5.54 Å². The summed E-state index contributed by atoms with van der Waals surface area (Å²) in [6.45, 7) is 11.2. The van der Waals surface area contributed by atoms with Gasteiger partial charge in [0.05, 0.1) is 0 Å². The maximum Gasteiger partial charge on any atom is 0.0134 e. The first kappa shape index (κ1) is 7.70. The fourth-order valence-electron chi connectivity index (χ4n) is 0.719. The van der Waals surface area contributed by atoms with E-state index < -0.39 is 0 Å². The molecule has 0 aliphatic heterocycles. The summed E-state index contributed by atoms with van der Waals surface area (Å²) in [5.41, 5.74) is 6.40. The molecule has 0 unspecified atom stereocenters. The molecule has 0 bridgehead atoms. The van der Waals surface area contributed by atoms with Gasteiger partial charge in [-0.2, -0.15) is 0 Å². The molecule has 0 aromatic carbocycles. The predicted octanol–water partition coefficient (Wildman–Crippen LogP) is 1.49. The minimum atomic E-state index is -0.140. The molecule has 0 fully saturated rings. The summed E-state index contributed by atoms with van der Waals surface area (Å²) in [4.78, 5) is 0. The van der Waals surface area contributed by atoms with Gasteiger partial charge in [-0.1, -0.05) is 12.2 Å². The quantitative estimate of drug-likeness (QED) is 0.575. The van der Waals surface area contributed by atoms with Crippen molar-refractivity contribution in [3.63, 3.8) is 0 Å². The van der Waals surface area contributed by atoms with Gasteiger partial charge >= 0.3 is 0 Å². The predicted molar refractivity (Wildman–Crippen MR) is 36.4 cm³/mol. The van der Waals surface area contributed by atoms with E-state index in [1.165, 1.54) is 0 Å². The molecule has 8 heavy (non-hydrogen) atoms. The zero-order chi connectivity index (χ0) is 6.78. The second kappa shape index (κ2) is 2.31. The molecule has 0 amide bonds. The van der Waals surface area contributed by atoms with Gasteiger partial charge in [0.1, 0.15) is 0 Å². The second-order valence-corrected chi connectivity index (χ2v) is 3.01. The Labute approximate surface area is 51.6 Å². The van der Waals surface area contributed by atoms with Crippen LogP contribution in [0, 0.1) is 6.58 Å². The van der Waals surface area contributed by atoms with Crippen molar-refractivity contribution in [2.24, 2.45) is 5.73 Å². The summed E-state index contributed by atoms with van der Waals surface area (Å²) in [6, 6.07) is 0. The Kier molecular flexibility index (Phi) is 2.23. The van der Waals surface area contributed by atoms with Gasteiger partial charge in [-0.25, -0.2) is 0 Å². The molecule has 0 spiro atoms. The van der Waals surface area contributed by atoms with Crippen LogP contribution in [0.25, 0.3) is 0 Å². The first-order valence-corrected chi connectivity index (χ1v) is 2.78. The molecular weight excluding hydrogens is 98.1 g/mol. The first-order valence-electron chi connectivity index (χ1n) is 2.78. The fourth-order valence-corrected chi connectivity index (χ4v) is 0.719. The monoisotopic (exact) mass is 112 g/mol. The van der Waals surface area contributed by atoms with Crippen LogP contribution >= 0.6 is 0 Å². The van der Waals surface area contributed by atoms with Crippen molar-refractivity contribution in [2.45, 2.75) is 32.7 Å². The summed E-state index contributed by atoms with van der Waals surface area (Å²) < 4.78 is 0. The summed E-state index contributed by atoms with van der Waals surface area (Å²) in [5.74, 6) is 0. The van der Waals surface area contributed by atoms with Crippen molar-refractivity contribution in [3.8, 4) is 0 Å².